The summed E-state index contributed by atoms with van der Waals surface area (Å²) < 4.78 is 1.36. The van der Waals surface area contributed by atoms with E-state index in [-0.39, 0.29) is 5.54 Å². The summed E-state index contributed by atoms with van der Waals surface area (Å²) in [5, 5.41) is 3.63. The lowest BCUT2D eigenvalue weighted by Crippen LogP contribution is -2.43. The molecule has 17 heavy (non-hydrogen) atoms. The first-order valence-electron chi connectivity index (χ1n) is 5.88. The number of nitrogens with two attached hydrogens (primary N) is 1. The summed E-state index contributed by atoms with van der Waals surface area (Å²) in [6.07, 6.45) is 0. The van der Waals surface area contributed by atoms with Gasteiger partial charge >= 0.3 is 0 Å². The summed E-state index contributed by atoms with van der Waals surface area (Å²) >= 11 is 1.82. The first-order chi connectivity index (χ1) is 7.96. The SMILES string of the molecule is CN(Cc1csc2ccccc12)CC(C)(C)N. The summed E-state index contributed by atoms with van der Waals surface area (Å²) in [5.74, 6) is 0. The summed E-state index contributed by atoms with van der Waals surface area (Å²) in [5.41, 5.74) is 7.30. The van der Waals surface area contributed by atoms with Crippen LogP contribution in [0.5, 0.6) is 0 Å². The third-order valence-corrected chi connectivity index (χ3v) is 3.69. The van der Waals surface area contributed by atoms with Gasteiger partial charge in [0.2, 0.25) is 0 Å². The molecular weight excluding hydrogens is 228 g/mol. The van der Waals surface area contributed by atoms with Crippen molar-refractivity contribution < 1.29 is 0 Å². The van der Waals surface area contributed by atoms with Crippen LogP contribution < -0.4 is 5.73 Å². The van der Waals surface area contributed by atoms with Gasteiger partial charge in [0.1, 0.15) is 0 Å². The predicted molar refractivity (Wildman–Crippen MR) is 76.4 cm³/mol. The summed E-state index contributed by atoms with van der Waals surface area (Å²) in [4.78, 5) is 2.29. The molecule has 0 bridgehead atoms. The standard InChI is InChI=1S/C14H20N2S/c1-14(2,15)10-16(3)8-11-9-17-13-7-5-4-6-12(11)13/h4-7,9H,8,10,15H2,1-3H3. The Hall–Kier alpha value is -0.900. The lowest BCUT2D eigenvalue weighted by atomic mass is 10.1. The van der Waals surface area contributed by atoms with Crippen LogP contribution in [0.15, 0.2) is 29.6 Å². The van der Waals surface area contributed by atoms with Crippen molar-refractivity contribution >= 4 is 21.4 Å². The number of nitrogens with zero attached hydrogens (tertiary/aromatic N) is 1. The van der Waals surface area contributed by atoms with Gasteiger partial charge in [-0.3, -0.25) is 0 Å². The smallest absolute Gasteiger partial charge is 0.0346 e. The van der Waals surface area contributed by atoms with Crippen LogP contribution in [0, 0.1) is 0 Å². The zero-order valence-corrected chi connectivity index (χ0v) is 11.6. The lowest BCUT2D eigenvalue weighted by molar-refractivity contribution is 0.264. The maximum Gasteiger partial charge on any atom is 0.0346 e. The molecule has 0 aliphatic rings. The molecule has 0 amide bonds. The van der Waals surface area contributed by atoms with Gasteiger partial charge in [-0.2, -0.15) is 0 Å². The van der Waals surface area contributed by atoms with E-state index in [0.29, 0.717) is 0 Å². The second kappa shape index (κ2) is 4.77. The Bertz CT molecular complexity index is 496. The average Bonchev–Trinajstić information content (AvgIpc) is 2.59. The zero-order chi connectivity index (χ0) is 12.5. The molecule has 0 saturated heterocycles. The first kappa shape index (κ1) is 12.6. The minimum Gasteiger partial charge on any atom is -0.324 e. The summed E-state index contributed by atoms with van der Waals surface area (Å²) in [6, 6.07) is 8.57. The Balaban J connectivity index is 2.13. The Morgan fingerprint density at radius 2 is 2.00 bits per heavy atom. The van der Waals surface area contributed by atoms with E-state index in [4.69, 9.17) is 5.73 Å². The van der Waals surface area contributed by atoms with E-state index >= 15 is 0 Å². The Morgan fingerprint density at radius 3 is 2.71 bits per heavy atom. The highest BCUT2D eigenvalue weighted by Gasteiger charge is 2.15. The van der Waals surface area contributed by atoms with Crippen molar-refractivity contribution in [3.63, 3.8) is 0 Å². The second-order valence-corrected chi connectivity index (χ2v) is 6.33. The number of fused-ring (bicyclic) bond motifs is 1. The number of rotatable bonds is 4. The van der Waals surface area contributed by atoms with Gasteiger partial charge in [-0.25, -0.2) is 0 Å². The van der Waals surface area contributed by atoms with Gasteiger partial charge in [0.05, 0.1) is 0 Å². The normalized spacial score (nSPS) is 12.5. The van der Waals surface area contributed by atoms with E-state index in [1.807, 2.05) is 11.3 Å². The first-order valence-corrected chi connectivity index (χ1v) is 6.76. The maximum absolute atomic E-state index is 6.04. The molecule has 0 aliphatic heterocycles. The van der Waals surface area contributed by atoms with E-state index in [9.17, 15) is 0 Å². The topological polar surface area (TPSA) is 29.3 Å². The van der Waals surface area contributed by atoms with Crippen LogP contribution in [0.2, 0.25) is 0 Å². The van der Waals surface area contributed by atoms with Crippen LogP contribution in [0.25, 0.3) is 10.1 Å². The highest BCUT2D eigenvalue weighted by atomic mass is 32.1. The predicted octanol–water partition coefficient (Wildman–Crippen LogP) is 3.07. The van der Waals surface area contributed by atoms with Crippen LogP contribution in [0.4, 0.5) is 0 Å². The molecule has 0 fully saturated rings. The van der Waals surface area contributed by atoms with Crippen molar-refractivity contribution in [3.8, 4) is 0 Å². The minimum absolute atomic E-state index is 0.138. The number of thiophene rings is 1. The molecule has 0 saturated carbocycles. The fraction of sp³-hybridized carbons (Fsp3) is 0.429. The van der Waals surface area contributed by atoms with Gasteiger partial charge in [-0.05, 0) is 43.3 Å². The van der Waals surface area contributed by atoms with Crippen LogP contribution >= 0.6 is 11.3 Å². The van der Waals surface area contributed by atoms with Gasteiger partial charge in [0.25, 0.3) is 0 Å². The summed E-state index contributed by atoms with van der Waals surface area (Å²) in [6.45, 7) is 5.99. The molecule has 2 nitrogen and oxygen atoms in total. The van der Waals surface area contributed by atoms with Crippen molar-refractivity contribution in [2.24, 2.45) is 5.73 Å². The molecule has 0 spiro atoms. The Labute approximate surface area is 107 Å². The van der Waals surface area contributed by atoms with Crippen LogP contribution in [-0.4, -0.2) is 24.0 Å². The monoisotopic (exact) mass is 248 g/mol. The third kappa shape index (κ3) is 3.28. The van der Waals surface area contributed by atoms with Crippen molar-refractivity contribution in [2.75, 3.05) is 13.6 Å². The number of hydrogen-bond donors (Lipinski definition) is 1. The lowest BCUT2D eigenvalue weighted by Gasteiger charge is -2.26. The molecule has 2 aromatic rings. The molecule has 0 aliphatic carbocycles. The fourth-order valence-corrected chi connectivity index (χ4v) is 3.15. The summed E-state index contributed by atoms with van der Waals surface area (Å²) in [7, 11) is 2.13. The number of likely N-dealkylation sites (N-methyl/N-ethyl adjacent to an activating group) is 1. The van der Waals surface area contributed by atoms with E-state index in [1.54, 1.807) is 0 Å². The quantitative estimate of drug-likeness (QED) is 0.901. The van der Waals surface area contributed by atoms with Crippen molar-refractivity contribution in [1.29, 1.82) is 0 Å². The van der Waals surface area contributed by atoms with E-state index in [0.717, 1.165) is 13.1 Å². The van der Waals surface area contributed by atoms with Gasteiger partial charge in [0.15, 0.2) is 0 Å². The largest absolute Gasteiger partial charge is 0.324 e. The van der Waals surface area contributed by atoms with Crippen LogP contribution in [-0.2, 0) is 6.54 Å². The maximum atomic E-state index is 6.04. The van der Waals surface area contributed by atoms with E-state index in [2.05, 4.69) is 55.4 Å². The molecule has 1 heterocycles. The van der Waals surface area contributed by atoms with Crippen LogP contribution in [0.1, 0.15) is 19.4 Å². The molecule has 0 radical (unpaired) electrons. The van der Waals surface area contributed by atoms with E-state index < -0.39 is 0 Å². The van der Waals surface area contributed by atoms with Crippen LogP contribution in [0.3, 0.4) is 0 Å². The van der Waals surface area contributed by atoms with Gasteiger partial charge in [-0.1, -0.05) is 18.2 Å². The minimum atomic E-state index is -0.138. The molecule has 2 rings (SSSR count). The van der Waals surface area contributed by atoms with Gasteiger partial charge in [-0.15, -0.1) is 11.3 Å². The molecule has 1 aromatic carbocycles. The molecule has 2 N–H and O–H groups in total. The molecular formula is C14H20N2S. The van der Waals surface area contributed by atoms with E-state index in [1.165, 1.54) is 15.6 Å². The molecule has 92 valence electrons. The average molecular weight is 248 g/mol. The molecule has 3 heteroatoms. The highest BCUT2D eigenvalue weighted by Crippen LogP contribution is 2.26. The number of benzene rings is 1. The zero-order valence-electron chi connectivity index (χ0n) is 10.7. The fourth-order valence-electron chi connectivity index (χ4n) is 2.20. The van der Waals surface area contributed by atoms with Crippen molar-refractivity contribution in [2.45, 2.75) is 25.9 Å². The van der Waals surface area contributed by atoms with Gasteiger partial charge < -0.3 is 10.6 Å². The molecule has 0 atom stereocenters. The number of hydrogen-bond acceptors (Lipinski definition) is 3. The second-order valence-electron chi connectivity index (χ2n) is 5.42. The molecule has 1 aromatic heterocycles. The Morgan fingerprint density at radius 1 is 1.29 bits per heavy atom. The Kier molecular flexibility index (Phi) is 3.52. The van der Waals surface area contributed by atoms with Crippen molar-refractivity contribution in [3.05, 3.63) is 35.2 Å². The van der Waals surface area contributed by atoms with Gasteiger partial charge in [0, 0.05) is 23.3 Å². The highest BCUT2D eigenvalue weighted by molar-refractivity contribution is 7.17. The third-order valence-electron chi connectivity index (χ3n) is 2.68. The molecule has 0 unspecified atom stereocenters. The van der Waals surface area contributed by atoms with Crippen molar-refractivity contribution in [1.82, 2.24) is 4.90 Å².